The van der Waals surface area contributed by atoms with Crippen LogP contribution in [0.4, 0.5) is 5.82 Å². The molecule has 1 amide bonds. The number of nitrogens with two attached hydrogens (primary N) is 2. The lowest BCUT2D eigenvalue weighted by Crippen LogP contribution is -2.24. The van der Waals surface area contributed by atoms with Crippen molar-refractivity contribution in [2.75, 3.05) is 5.73 Å². The van der Waals surface area contributed by atoms with Crippen molar-refractivity contribution in [3.8, 4) is 0 Å². The molecule has 0 unspecified atom stereocenters. The van der Waals surface area contributed by atoms with Crippen LogP contribution in [0.15, 0.2) is 17.5 Å². The first-order valence-corrected chi connectivity index (χ1v) is 3.34. The van der Waals surface area contributed by atoms with Crippen LogP contribution in [0.25, 0.3) is 0 Å². The Balaban J connectivity index is 2.83. The molecule has 7 nitrogen and oxygen atoms in total. The first-order chi connectivity index (χ1) is 6.25. The molecule has 5 N–H and O–H groups in total. The Hall–Kier alpha value is -2.18. The number of nitrogens with one attached hydrogen (secondary N) is 1. The van der Waals surface area contributed by atoms with Gasteiger partial charge in [-0.3, -0.25) is 4.79 Å². The fraction of sp³-hybridized carbons (Fsp3) is 0. The molecule has 0 atom stereocenters. The number of rotatable bonds is 2. The van der Waals surface area contributed by atoms with E-state index in [1.54, 1.807) is 0 Å². The Bertz CT molecular complexity index is 336. The van der Waals surface area contributed by atoms with Crippen molar-refractivity contribution in [2.24, 2.45) is 10.9 Å². The monoisotopic (exact) mass is 180 g/mol. The summed E-state index contributed by atoms with van der Waals surface area (Å²) in [4.78, 5) is 18.6. The number of hydrogen-bond donors (Lipinski definition) is 3. The highest BCUT2D eigenvalue weighted by Gasteiger charge is 2.09. The van der Waals surface area contributed by atoms with Crippen molar-refractivity contribution >= 4 is 18.1 Å². The predicted molar refractivity (Wildman–Crippen MR) is 46.6 cm³/mol. The molecule has 0 radical (unpaired) electrons. The third kappa shape index (κ3) is 2.12. The molecule has 0 saturated carbocycles. The second-order valence-electron chi connectivity index (χ2n) is 2.04. The summed E-state index contributed by atoms with van der Waals surface area (Å²) in [6.45, 7) is 0. The van der Waals surface area contributed by atoms with Gasteiger partial charge in [0.1, 0.15) is 6.34 Å². The van der Waals surface area contributed by atoms with Gasteiger partial charge in [0.05, 0.1) is 0 Å². The van der Waals surface area contributed by atoms with E-state index in [-0.39, 0.29) is 11.5 Å². The normalized spacial score (nSPS) is 10.2. The van der Waals surface area contributed by atoms with Crippen molar-refractivity contribution in [3.63, 3.8) is 0 Å². The van der Waals surface area contributed by atoms with Crippen LogP contribution in [0.2, 0.25) is 0 Å². The Labute approximate surface area is 73.9 Å². The smallest absolute Gasteiger partial charge is 0.278 e. The molecule has 0 aliphatic carbocycles. The van der Waals surface area contributed by atoms with E-state index >= 15 is 0 Å². The zero-order chi connectivity index (χ0) is 9.68. The van der Waals surface area contributed by atoms with E-state index < -0.39 is 5.91 Å². The van der Waals surface area contributed by atoms with Crippen LogP contribution in [0.5, 0.6) is 0 Å². The van der Waals surface area contributed by atoms with Crippen LogP contribution in [0, 0.1) is 0 Å². The molecular weight excluding hydrogens is 172 g/mol. The van der Waals surface area contributed by atoms with Crippen molar-refractivity contribution in [3.05, 3.63) is 18.1 Å². The van der Waals surface area contributed by atoms with Gasteiger partial charge in [-0.05, 0) is 0 Å². The standard InChI is InChI=1S/C6H8N6O/c7-5-4(9-1-2-10-5)6(13)11-3-12-8/h1-3H,8H2,(H2,7,10)(H,11,12,13). The summed E-state index contributed by atoms with van der Waals surface area (Å²) in [5.74, 6) is 4.34. The summed E-state index contributed by atoms with van der Waals surface area (Å²) in [6, 6.07) is 0. The maximum absolute atomic E-state index is 11.2. The van der Waals surface area contributed by atoms with Gasteiger partial charge in [0.25, 0.3) is 5.91 Å². The highest BCUT2D eigenvalue weighted by molar-refractivity contribution is 6.01. The first kappa shape index (κ1) is 8.91. The molecule has 1 rings (SSSR count). The van der Waals surface area contributed by atoms with Crippen molar-refractivity contribution < 1.29 is 4.79 Å². The van der Waals surface area contributed by atoms with Gasteiger partial charge in [-0.1, -0.05) is 0 Å². The average Bonchev–Trinajstić information content (AvgIpc) is 2.15. The van der Waals surface area contributed by atoms with E-state index in [1.807, 2.05) is 0 Å². The number of nitrogen functional groups attached to an aromatic ring is 1. The summed E-state index contributed by atoms with van der Waals surface area (Å²) in [5, 5.41) is 5.34. The van der Waals surface area contributed by atoms with E-state index in [2.05, 4.69) is 20.4 Å². The number of carbonyl (C=O) groups excluding carboxylic acids is 1. The summed E-state index contributed by atoms with van der Waals surface area (Å²) < 4.78 is 0. The third-order valence-electron chi connectivity index (χ3n) is 1.21. The zero-order valence-electron chi connectivity index (χ0n) is 6.64. The molecule has 0 aromatic carbocycles. The van der Waals surface area contributed by atoms with Gasteiger partial charge < -0.3 is 16.9 Å². The number of hydrazone groups is 1. The van der Waals surface area contributed by atoms with E-state index in [0.717, 1.165) is 6.34 Å². The Morgan fingerprint density at radius 3 is 2.85 bits per heavy atom. The van der Waals surface area contributed by atoms with Crippen molar-refractivity contribution in [1.29, 1.82) is 0 Å². The predicted octanol–water partition coefficient (Wildman–Crippen LogP) is -1.31. The highest BCUT2D eigenvalue weighted by atomic mass is 16.1. The summed E-state index contributed by atoms with van der Waals surface area (Å²) in [6.07, 6.45) is 3.80. The fourth-order valence-electron chi connectivity index (χ4n) is 0.688. The van der Waals surface area contributed by atoms with Gasteiger partial charge in [0.2, 0.25) is 0 Å². The molecule has 1 aromatic rings. The fourth-order valence-corrected chi connectivity index (χ4v) is 0.688. The Morgan fingerprint density at radius 2 is 2.23 bits per heavy atom. The van der Waals surface area contributed by atoms with E-state index in [0.29, 0.717) is 0 Å². The second-order valence-corrected chi connectivity index (χ2v) is 2.04. The molecule has 0 fully saturated rings. The minimum absolute atomic E-state index is 0.0439. The SMILES string of the molecule is NN=CNC(=O)c1nccnc1N. The highest BCUT2D eigenvalue weighted by Crippen LogP contribution is 2.01. The molecule has 0 aliphatic heterocycles. The molecule has 0 spiro atoms. The van der Waals surface area contributed by atoms with Gasteiger partial charge in [0, 0.05) is 12.4 Å². The second kappa shape index (κ2) is 4.00. The number of anilines is 1. The number of amides is 1. The van der Waals surface area contributed by atoms with E-state index in [9.17, 15) is 4.79 Å². The van der Waals surface area contributed by atoms with E-state index in [4.69, 9.17) is 11.6 Å². The summed E-state index contributed by atoms with van der Waals surface area (Å²) >= 11 is 0. The number of carbonyl (C=O) groups is 1. The first-order valence-electron chi connectivity index (χ1n) is 3.34. The van der Waals surface area contributed by atoms with Gasteiger partial charge >= 0.3 is 0 Å². The molecule has 7 heteroatoms. The van der Waals surface area contributed by atoms with Crippen LogP contribution in [-0.4, -0.2) is 22.2 Å². The lowest BCUT2D eigenvalue weighted by atomic mass is 10.4. The van der Waals surface area contributed by atoms with Crippen LogP contribution >= 0.6 is 0 Å². The summed E-state index contributed by atoms with van der Waals surface area (Å²) in [7, 11) is 0. The van der Waals surface area contributed by atoms with Crippen molar-refractivity contribution in [1.82, 2.24) is 15.3 Å². The minimum atomic E-state index is -0.500. The van der Waals surface area contributed by atoms with E-state index in [1.165, 1.54) is 12.4 Å². The number of hydrogen-bond acceptors (Lipinski definition) is 6. The molecule has 13 heavy (non-hydrogen) atoms. The largest absolute Gasteiger partial charge is 0.382 e. The van der Waals surface area contributed by atoms with Crippen LogP contribution < -0.4 is 16.9 Å². The van der Waals surface area contributed by atoms with Crippen LogP contribution in [-0.2, 0) is 0 Å². The van der Waals surface area contributed by atoms with Crippen LogP contribution in [0.3, 0.4) is 0 Å². The van der Waals surface area contributed by atoms with Gasteiger partial charge in [-0.2, -0.15) is 5.10 Å². The third-order valence-corrected chi connectivity index (χ3v) is 1.21. The molecule has 68 valence electrons. The Morgan fingerprint density at radius 1 is 1.54 bits per heavy atom. The lowest BCUT2D eigenvalue weighted by Gasteiger charge is -1.99. The minimum Gasteiger partial charge on any atom is -0.382 e. The van der Waals surface area contributed by atoms with Crippen molar-refractivity contribution in [2.45, 2.75) is 0 Å². The van der Waals surface area contributed by atoms with Gasteiger partial charge in [0.15, 0.2) is 11.5 Å². The van der Waals surface area contributed by atoms with Gasteiger partial charge in [-0.15, -0.1) is 0 Å². The topological polar surface area (TPSA) is 119 Å². The number of aromatic nitrogens is 2. The van der Waals surface area contributed by atoms with Crippen LogP contribution in [0.1, 0.15) is 10.5 Å². The maximum atomic E-state index is 11.2. The quantitative estimate of drug-likeness (QED) is 0.226. The number of nitrogens with zero attached hydrogens (tertiary/aromatic N) is 3. The average molecular weight is 180 g/mol. The molecule has 0 bridgehead atoms. The maximum Gasteiger partial charge on any atom is 0.278 e. The zero-order valence-corrected chi connectivity index (χ0v) is 6.64. The summed E-state index contributed by atoms with van der Waals surface area (Å²) in [5.41, 5.74) is 5.43. The molecule has 1 aromatic heterocycles. The molecule has 1 heterocycles. The van der Waals surface area contributed by atoms with Gasteiger partial charge in [-0.25, -0.2) is 9.97 Å². The molecule has 0 saturated heterocycles. The Kier molecular flexibility index (Phi) is 2.74. The molecular formula is C6H8N6O. The molecule has 0 aliphatic rings. The lowest BCUT2D eigenvalue weighted by molar-refractivity contribution is 0.0974.